The molecule has 0 saturated carbocycles. The predicted molar refractivity (Wildman–Crippen MR) is 76.9 cm³/mol. The summed E-state index contributed by atoms with van der Waals surface area (Å²) >= 11 is 0. The van der Waals surface area contributed by atoms with Crippen molar-refractivity contribution in [3.05, 3.63) is 12.4 Å². The molecular weight excluding hydrogens is 332 g/mol. The maximum atomic E-state index is 10.6. The normalized spacial score (nSPS) is 17.1. The molecule has 0 bridgehead atoms. The molecule has 0 aliphatic carbocycles. The van der Waals surface area contributed by atoms with Crippen LogP contribution in [0, 0.1) is 0 Å². The molecule has 0 aromatic heterocycles. The fourth-order valence-electron chi connectivity index (χ4n) is 1.84. The zero-order valence-corrected chi connectivity index (χ0v) is 13.1. The standard InChI is InChI=1S/C9H16N2O6S2.ClH/c12-18(13,14)7-1-4-11(6-3-10-9-11)5-2-8-19(15,16)17;/h3,6,9H,1-2,4-5,7-8H2,(H-,12,13,14,15,16,17);1H/p+1. The van der Waals surface area contributed by atoms with Crippen LogP contribution in [0.2, 0.25) is 0 Å². The summed E-state index contributed by atoms with van der Waals surface area (Å²) in [6, 6.07) is 0. The first-order valence-corrected chi connectivity index (χ1v) is 8.83. The first-order valence-electron chi connectivity index (χ1n) is 5.61. The fraction of sp³-hybridized carbons (Fsp3) is 0.667. The molecule has 0 aromatic rings. The zero-order chi connectivity index (χ0) is 14.6. The van der Waals surface area contributed by atoms with E-state index in [2.05, 4.69) is 4.99 Å². The molecule has 1 heterocycles. The van der Waals surface area contributed by atoms with Crippen LogP contribution in [-0.4, -0.2) is 61.4 Å². The Balaban J connectivity index is 0.00000361. The number of hydrogen-bond acceptors (Lipinski definition) is 5. The highest BCUT2D eigenvalue weighted by molar-refractivity contribution is 7.86. The molecule has 2 N–H and O–H groups in total. The minimum Gasteiger partial charge on any atom is -0.286 e. The summed E-state index contributed by atoms with van der Waals surface area (Å²) in [5.74, 6) is -0.708. The van der Waals surface area contributed by atoms with Crippen molar-refractivity contribution in [1.82, 2.24) is 0 Å². The van der Waals surface area contributed by atoms with Crippen LogP contribution in [-0.2, 0) is 20.2 Å². The van der Waals surface area contributed by atoms with Gasteiger partial charge in [-0.05, 0) is 0 Å². The lowest BCUT2D eigenvalue weighted by Crippen LogP contribution is -2.42. The van der Waals surface area contributed by atoms with E-state index in [4.69, 9.17) is 9.11 Å². The second-order valence-corrected chi connectivity index (χ2v) is 7.54. The minimum atomic E-state index is -4.00. The van der Waals surface area contributed by atoms with Gasteiger partial charge in [0, 0.05) is 12.8 Å². The van der Waals surface area contributed by atoms with Crippen LogP contribution in [0.1, 0.15) is 12.8 Å². The van der Waals surface area contributed by atoms with E-state index < -0.39 is 20.2 Å². The Labute approximate surface area is 124 Å². The van der Waals surface area contributed by atoms with E-state index in [0.717, 1.165) is 0 Å². The van der Waals surface area contributed by atoms with Gasteiger partial charge in [-0.15, -0.1) is 12.4 Å². The first-order chi connectivity index (χ1) is 8.62. The second kappa shape index (κ2) is 7.48. The lowest BCUT2D eigenvalue weighted by molar-refractivity contribution is -0.779. The van der Waals surface area contributed by atoms with Gasteiger partial charge in [-0.25, -0.2) is 4.99 Å². The van der Waals surface area contributed by atoms with Gasteiger partial charge in [0.2, 0.25) is 0 Å². The zero-order valence-electron chi connectivity index (χ0n) is 10.6. The Morgan fingerprint density at radius 2 is 1.40 bits per heavy atom. The van der Waals surface area contributed by atoms with E-state index in [1.807, 2.05) is 0 Å². The summed E-state index contributed by atoms with van der Waals surface area (Å²) < 4.78 is 60.1. The highest BCUT2D eigenvalue weighted by Crippen LogP contribution is 2.14. The number of quaternary nitrogens is 1. The molecule has 0 radical (unpaired) electrons. The van der Waals surface area contributed by atoms with Crippen LogP contribution < -0.4 is 0 Å². The Bertz CT molecular complexity index is 517. The topological polar surface area (TPSA) is 121 Å². The van der Waals surface area contributed by atoms with Crippen molar-refractivity contribution < 1.29 is 30.4 Å². The monoisotopic (exact) mass is 349 g/mol. The molecule has 0 spiro atoms. The van der Waals surface area contributed by atoms with E-state index in [-0.39, 0.29) is 41.2 Å². The molecule has 1 rings (SSSR count). The summed E-state index contributed by atoms with van der Waals surface area (Å²) in [6.07, 6.45) is 5.28. The summed E-state index contributed by atoms with van der Waals surface area (Å²) in [4.78, 5) is 3.91. The first kappa shape index (κ1) is 19.5. The van der Waals surface area contributed by atoms with Crippen LogP contribution in [0.15, 0.2) is 17.4 Å². The van der Waals surface area contributed by atoms with Crippen molar-refractivity contribution in [2.75, 3.05) is 24.6 Å². The highest BCUT2D eigenvalue weighted by atomic mass is 35.5. The van der Waals surface area contributed by atoms with E-state index in [0.29, 0.717) is 13.1 Å². The molecule has 0 amide bonds. The van der Waals surface area contributed by atoms with Crippen molar-refractivity contribution in [3.63, 3.8) is 0 Å². The third-order valence-corrected chi connectivity index (χ3v) is 4.31. The van der Waals surface area contributed by atoms with Crippen LogP contribution in [0.25, 0.3) is 0 Å². The molecule has 0 unspecified atom stereocenters. The fourth-order valence-corrected chi connectivity index (χ4v) is 2.83. The van der Waals surface area contributed by atoms with E-state index in [9.17, 15) is 16.8 Å². The molecule has 0 atom stereocenters. The predicted octanol–water partition coefficient (Wildman–Crippen LogP) is 0.294. The van der Waals surface area contributed by atoms with Crippen LogP contribution >= 0.6 is 12.4 Å². The molecule has 1 aliphatic rings. The number of aliphatic imine (C=N–C) groups is 1. The maximum Gasteiger partial charge on any atom is 0.265 e. The average molecular weight is 350 g/mol. The van der Waals surface area contributed by atoms with E-state index in [1.165, 1.54) is 0 Å². The van der Waals surface area contributed by atoms with Crippen molar-refractivity contribution in [3.8, 4) is 0 Å². The Kier molecular flexibility index (Phi) is 7.28. The molecule has 20 heavy (non-hydrogen) atoms. The lowest BCUT2D eigenvalue weighted by Gasteiger charge is -2.27. The third kappa shape index (κ3) is 7.92. The molecule has 118 valence electrons. The van der Waals surface area contributed by atoms with Gasteiger partial charge in [-0.1, -0.05) is 0 Å². The van der Waals surface area contributed by atoms with E-state index in [1.54, 1.807) is 18.7 Å². The van der Waals surface area contributed by atoms with Crippen molar-refractivity contribution in [2.24, 2.45) is 4.99 Å². The molecule has 0 saturated heterocycles. The molecular formula is C9H18ClN2O6S2+. The second-order valence-electron chi connectivity index (χ2n) is 4.39. The number of halogens is 1. The maximum absolute atomic E-state index is 10.6. The van der Waals surface area contributed by atoms with Gasteiger partial charge >= 0.3 is 0 Å². The molecule has 0 fully saturated rings. The molecule has 11 heteroatoms. The lowest BCUT2D eigenvalue weighted by atomic mass is 10.3. The SMILES string of the molecule is Cl.O=S(=O)(O)CCC[N+]1(CCCS(=O)(=O)O)C=CN=C1. The molecule has 8 nitrogen and oxygen atoms in total. The molecule has 1 aliphatic heterocycles. The van der Waals surface area contributed by atoms with Crippen molar-refractivity contribution >= 4 is 39.0 Å². The van der Waals surface area contributed by atoms with Crippen LogP contribution in [0.5, 0.6) is 0 Å². The number of nitrogens with zero attached hydrogens (tertiary/aromatic N) is 2. The third-order valence-electron chi connectivity index (χ3n) is 2.70. The summed E-state index contributed by atoms with van der Waals surface area (Å²) in [5.41, 5.74) is 0. The summed E-state index contributed by atoms with van der Waals surface area (Å²) in [6.45, 7) is 0.760. The van der Waals surface area contributed by atoms with Gasteiger partial charge in [0.25, 0.3) is 20.2 Å². The van der Waals surface area contributed by atoms with Gasteiger partial charge in [0.05, 0.1) is 30.8 Å². The van der Waals surface area contributed by atoms with Gasteiger partial charge in [-0.3, -0.25) is 13.6 Å². The smallest absolute Gasteiger partial charge is 0.265 e. The van der Waals surface area contributed by atoms with Gasteiger partial charge in [0.1, 0.15) is 6.20 Å². The van der Waals surface area contributed by atoms with Crippen molar-refractivity contribution in [2.45, 2.75) is 12.8 Å². The van der Waals surface area contributed by atoms with Gasteiger partial charge in [-0.2, -0.15) is 16.8 Å². The van der Waals surface area contributed by atoms with Crippen LogP contribution in [0.3, 0.4) is 0 Å². The minimum absolute atomic E-state index is 0. The van der Waals surface area contributed by atoms with Gasteiger partial charge < -0.3 is 0 Å². The number of rotatable bonds is 8. The Hall–Kier alpha value is -0.520. The summed E-state index contributed by atoms with van der Waals surface area (Å²) in [7, 11) is -8.00. The van der Waals surface area contributed by atoms with Crippen molar-refractivity contribution in [1.29, 1.82) is 0 Å². The van der Waals surface area contributed by atoms with Crippen LogP contribution in [0.4, 0.5) is 0 Å². The molecule has 0 aromatic carbocycles. The van der Waals surface area contributed by atoms with E-state index >= 15 is 0 Å². The van der Waals surface area contributed by atoms with Gasteiger partial charge in [0.15, 0.2) is 6.34 Å². The summed E-state index contributed by atoms with van der Waals surface area (Å²) in [5, 5.41) is 0. The Morgan fingerprint density at radius 1 is 0.950 bits per heavy atom. The number of hydrogen-bond donors (Lipinski definition) is 2. The average Bonchev–Trinajstić information content (AvgIpc) is 2.63. The Morgan fingerprint density at radius 3 is 1.70 bits per heavy atom. The quantitative estimate of drug-likeness (QED) is 0.480. The highest BCUT2D eigenvalue weighted by Gasteiger charge is 2.26. The largest absolute Gasteiger partial charge is 0.286 e.